The van der Waals surface area contributed by atoms with E-state index >= 15 is 0 Å². The van der Waals surface area contributed by atoms with E-state index in [-0.39, 0.29) is 12.5 Å². The first kappa shape index (κ1) is 15.8. The molecule has 1 aromatic carbocycles. The van der Waals surface area contributed by atoms with Gasteiger partial charge in [-0.15, -0.1) is 0 Å². The largest absolute Gasteiger partial charge is 0.392 e. The molecule has 0 aliphatic carbocycles. The number of hydrogen-bond acceptors (Lipinski definition) is 3. The summed E-state index contributed by atoms with van der Waals surface area (Å²) in [6, 6.07) is 10.0. The zero-order valence-electron chi connectivity index (χ0n) is 12.5. The van der Waals surface area contributed by atoms with Crippen LogP contribution < -0.4 is 5.32 Å². The van der Waals surface area contributed by atoms with E-state index in [9.17, 15) is 4.79 Å². The summed E-state index contributed by atoms with van der Waals surface area (Å²) in [7, 11) is 0. The zero-order chi connectivity index (χ0) is 15.9. The minimum absolute atomic E-state index is 0.229. The molecule has 5 nitrogen and oxygen atoms in total. The van der Waals surface area contributed by atoms with Crippen LogP contribution in [0.4, 0.5) is 0 Å². The first-order valence-electron chi connectivity index (χ1n) is 7.20. The van der Waals surface area contributed by atoms with Crippen molar-refractivity contribution in [2.75, 3.05) is 6.54 Å². The lowest BCUT2D eigenvalue weighted by atomic mass is 10.1. The van der Waals surface area contributed by atoms with Gasteiger partial charge in [0, 0.05) is 41.8 Å². The number of nitriles is 1. The molecule has 2 aromatic rings. The zero-order valence-corrected chi connectivity index (χ0v) is 12.5. The van der Waals surface area contributed by atoms with Crippen LogP contribution in [0.2, 0.25) is 0 Å². The summed E-state index contributed by atoms with van der Waals surface area (Å²) < 4.78 is 2.02. The van der Waals surface area contributed by atoms with Gasteiger partial charge in [0.25, 0.3) is 0 Å². The van der Waals surface area contributed by atoms with E-state index in [1.807, 2.05) is 35.0 Å². The Morgan fingerprint density at radius 2 is 2.27 bits per heavy atom. The van der Waals surface area contributed by atoms with Crippen molar-refractivity contribution in [2.45, 2.75) is 26.0 Å². The van der Waals surface area contributed by atoms with E-state index in [1.165, 1.54) is 6.08 Å². The average molecular weight is 297 g/mol. The first-order chi connectivity index (χ1) is 10.6. The van der Waals surface area contributed by atoms with Crippen LogP contribution in [-0.2, 0) is 11.3 Å². The third-order valence-electron chi connectivity index (χ3n) is 3.27. The van der Waals surface area contributed by atoms with Crippen molar-refractivity contribution in [1.82, 2.24) is 9.88 Å². The van der Waals surface area contributed by atoms with Gasteiger partial charge in [-0.3, -0.25) is 4.79 Å². The Bertz CT molecular complexity index is 723. The van der Waals surface area contributed by atoms with Gasteiger partial charge in [-0.1, -0.05) is 18.2 Å². The highest BCUT2D eigenvalue weighted by Crippen LogP contribution is 2.22. The maximum absolute atomic E-state index is 11.7. The molecule has 1 atom stereocenters. The molecule has 0 saturated carbocycles. The van der Waals surface area contributed by atoms with Crippen LogP contribution in [0, 0.1) is 11.3 Å². The summed E-state index contributed by atoms with van der Waals surface area (Å²) in [5.74, 6) is -0.241. The molecule has 1 unspecified atom stereocenters. The highest BCUT2D eigenvalue weighted by atomic mass is 16.3. The Hall–Kier alpha value is -2.58. The molecule has 2 N–H and O–H groups in total. The van der Waals surface area contributed by atoms with Gasteiger partial charge in [0.05, 0.1) is 18.6 Å². The maximum atomic E-state index is 11.7. The van der Waals surface area contributed by atoms with Crippen LogP contribution in [0.15, 0.2) is 36.5 Å². The predicted octanol–water partition coefficient (Wildman–Crippen LogP) is 2.07. The van der Waals surface area contributed by atoms with E-state index in [0.717, 1.165) is 16.5 Å². The van der Waals surface area contributed by atoms with Gasteiger partial charge in [0.15, 0.2) is 0 Å². The third-order valence-corrected chi connectivity index (χ3v) is 3.27. The number of aryl methyl sites for hydroxylation is 1. The molecule has 1 amide bonds. The number of aromatic nitrogens is 1. The van der Waals surface area contributed by atoms with E-state index in [0.29, 0.717) is 13.0 Å². The van der Waals surface area contributed by atoms with Crippen molar-refractivity contribution in [3.8, 4) is 6.07 Å². The molecule has 0 spiro atoms. The van der Waals surface area contributed by atoms with Crippen molar-refractivity contribution < 1.29 is 9.90 Å². The Labute approximate surface area is 129 Å². The van der Waals surface area contributed by atoms with Gasteiger partial charge < -0.3 is 15.0 Å². The molecule has 1 heterocycles. The monoisotopic (exact) mass is 297 g/mol. The average Bonchev–Trinajstić information content (AvgIpc) is 2.87. The number of para-hydroxylation sites is 1. The van der Waals surface area contributed by atoms with Gasteiger partial charge in [-0.2, -0.15) is 5.26 Å². The van der Waals surface area contributed by atoms with Crippen molar-refractivity contribution >= 4 is 22.9 Å². The number of benzene rings is 1. The van der Waals surface area contributed by atoms with Crippen LogP contribution >= 0.6 is 0 Å². The number of carbonyl (C=O) groups is 1. The van der Waals surface area contributed by atoms with Crippen molar-refractivity contribution in [3.63, 3.8) is 0 Å². The molecule has 0 aliphatic rings. The van der Waals surface area contributed by atoms with Gasteiger partial charge in [0.1, 0.15) is 0 Å². The minimum atomic E-state index is -0.565. The Morgan fingerprint density at radius 3 is 3.00 bits per heavy atom. The maximum Gasteiger partial charge on any atom is 0.244 e. The second-order valence-corrected chi connectivity index (χ2v) is 5.13. The Kier molecular flexibility index (Phi) is 5.34. The summed E-state index contributed by atoms with van der Waals surface area (Å²) in [6.07, 6.45) is 5.03. The highest BCUT2D eigenvalue weighted by molar-refractivity contribution is 5.96. The van der Waals surface area contributed by atoms with Gasteiger partial charge in [-0.25, -0.2) is 0 Å². The first-order valence-corrected chi connectivity index (χ1v) is 7.20. The summed E-state index contributed by atoms with van der Waals surface area (Å²) >= 11 is 0. The molecule has 0 radical (unpaired) electrons. The Balaban J connectivity index is 2.20. The molecule has 1 aromatic heterocycles. The van der Waals surface area contributed by atoms with E-state index in [4.69, 9.17) is 10.4 Å². The quantitative estimate of drug-likeness (QED) is 0.801. The molecule has 114 valence electrons. The third kappa shape index (κ3) is 3.96. The van der Waals surface area contributed by atoms with Crippen LogP contribution in [-0.4, -0.2) is 28.2 Å². The summed E-state index contributed by atoms with van der Waals surface area (Å²) in [6.45, 7) is 2.47. The normalized spacial score (nSPS) is 12.4. The second-order valence-electron chi connectivity index (χ2n) is 5.13. The van der Waals surface area contributed by atoms with Gasteiger partial charge >= 0.3 is 0 Å². The molecule has 0 aliphatic heterocycles. The summed E-state index contributed by atoms with van der Waals surface area (Å²) in [5, 5.41) is 21.5. The van der Waals surface area contributed by atoms with Crippen molar-refractivity contribution in [1.29, 1.82) is 5.26 Å². The molecular weight excluding hydrogens is 278 g/mol. The smallest absolute Gasteiger partial charge is 0.244 e. The van der Waals surface area contributed by atoms with Crippen molar-refractivity contribution in [2.24, 2.45) is 0 Å². The minimum Gasteiger partial charge on any atom is -0.392 e. The summed E-state index contributed by atoms with van der Waals surface area (Å²) in [4.78, 5) is 11.7. The number of aliphatic hydroxyl groups excluding tert-OH is 1. The number of nitrogens with one attached hydrogen (secondary N) is 1. The second kappa shape index (κ2) is 7.43. The number of fused-ring (bicyclic) bond motifs is 1. The van der Waals surface area contributed by atoms with Crippen LogP contribution in [0.25, 0.3) is 17.0 Å². The fourth-order valence-electron chi connectivity index (χ4n) is 2.24. The fraction of sp³-hybridized carbons (Fsp3) is 0.294. The van der Waals surface area contributed by atoms with Gasteiger partial charge in [-0.05, 0) is 19.1 Å². The molecule has 5 heteroatoms. The number of aliphatic hydroxyl groups is 1. The number of carbonyl (C=O) groups excluding carboxylic acids is 1. The van der Waals surface area contributed by atoms with Crippen LogP contribution in [0.5, 0.6) is 0 Å². The molecular formula is C17H19N3O2. The highest BCUT2D eigenvalue weighted by Gasteiger charge is 2.06. The van der Waals surface area contributed by atoms with Crippen LogP contribution in [0.3, 0.4) is 0 Å². The standard InChI is InChI=1S/C17H19N3O2/c1-13(21)11-19-17(22)8-7-14-12-20(10-4-9-18)16-6-3-2-5-15(14)16/h2-3,5-8,12-13,21H,4,10-11H2,1H3,(H,19,22)/b8-7+. The molecule has 2 rings (SSSR count). The number of hydrogen-bond donors (Lipinski definition) is 2. The lowest BCUT2D eigenvalue weighted by Gasteiger charge is -2.03. The molecule has 0 saturated heterocycles. The van der Waals surface area contributed by atoms with Gasteiger partial charge in [0.2, 0.25) is 5.91 Å². The SMILES string of the molecule is CC(O)CNC(=O)/C=C/c1cn(CCC#N)c2ccccc12. The molecule has 0 bridgehead atoms. The fourth-order valence-corrected chi connectivity index (χ4v) is 2.24. The van der Waals surface area contributed by atoms with E-state index in [1.54, 1.807) is 13.0 Å². The summed E-state index contributed by atoms with van der Waals surface area (Å²) in [5.41, 5.74) is 1.97. The molecule has 0 fully saturated rings. The topological polar surface area (TPSA) is 78.0 Å². The number of nitrogens with zero attached hydrogens (tertiary/aromatic N) is 2. The van der Waals surface area contributed by atoms with Crippen LogP contribution in [0.1, 0.15) is 18.9 Å². The lowest BCUT2D eigenvalue weighted by molar-refractivity contribution is -0.116. The number of amides is 1. The van der Waals surface area contributed by atoms with E-state index in [2.05, 4.69) is 11.4 Å². The number of rotatable bonds is 6. The van der Waals surface area contributed by atoms with Crippen molar-refractivity contribution in [3.05, 3.63) is 42.1 Å². The molecule has 22 heavy (non-hydrogen) atoms. The predicted molar refractivity (Wildman–Crippen MR) is 85.9 cm³/mol. The lowest BCUT2D eigenvalue weighted by Crippen LogP contribution is -2.28. The van der Waals surface area contributed by atoms with E-state index < -0.39 is 6.10 Å². The Morgan fingerprint density at radius 1 is 1.50 bits per heavy atom.